The van der Waals surface area contributed by atoms with Gasteiger partial charge in [-0.3, -0.25) is 4.79 Å². The summed E-state index contributed by atoms with van der Waals surface area (Å²) in [6, 6.07) is 6.33. The molecule has 23 heavy (non-hydrogen) atoms. The maximum atomic E-state index is 12.8. The summed E-state index contributed by atoms with van der Waals surface area (Å²) in [6.45, 7) is 5.72. The quantitative estimate of drug-likeness (QED) is 0.897. The Kier molecular flexibility index (Phi) is 6.18. The minimum Gasteiger partial charge on any atom is -0.352 e. The number of benzene rings is 1. The van der Waals surface area contributed by atoms with Gasteiger partial charge in [-0.05, 0) is 37.0 Å². The third-order valence-electron chi connectivity index (χ3n) is 3.97. The Labute approximate surface area is 139 Å². The first kappa shape index (κ1) is 17.9. The maximum absolute atomic E-state index is 12.8. The van der Waals surface area contributed by atoms with Crippen LogP contribution in [0.3, 0.4) is 0 Å². The largest absolute Gasteiger partial charge is 0.352 e. The van der Waals surface area contributed by atoms with E-state index in [4.69, 9.17) is 0 Å². The summed E-state index contributed by atoms with van der Waals surface area (Å²) in [5.74, 6) is 0.120. The minimum atomic E-state index is -3.52. The summed E-state index contributed by atoms with van der Waals surface area (Å²) in [7, 11) is -3.52. The van der Waals surface area contributed by atoms with Crippen molar-refractivity contribution >= 4 is 15.9 Å². The second-order valence-electron chi connectivity index (χ2n) is 6.45. The summed E-state index contributed by atoms with van der Waals surface area (Å²) in [5.41, 5.74) is 0.390. The number of nitrogens with zero attached hydrogens (tertiary/aromatic N) is 1. The normalized spacial score (nSPS) is 17.0. The van der Waals surface area contributed by atoms with E-state index in [9.17, 15) is 13.2 Å². The molecule has 0 saturated carbocycles. The molecule has 1 aliphatic heterocycles. The first-order valence-electron chi connectivity index (χ1n) is 8.29. The molecule has 0 aromatic heterocycles. The molecule has 0 atom stereocenters. The van der Waals surface area contributed by atoms with Gasteiger partial charge in [-0.15, -0.1) is 0 Å². The molecule has 1 amide bonds. The molecule has 1 aromatic rings. The van der Waals surface area contributed by atoms with Crippen molar-refractivity contribution in [2.45, 2.75) is 44.4 Å². The van der Waals surface area contributed by atoms with E-state index in [0.717, 1.165) is 25.7 Å². The molecule has 128 valence electrons. The van der Waals surface area contributed by atoms with Crippen LogP contribution in [0.1, 0.15) is 49.9 Å². The Bertz CT molecular complexity index is 633. The van der Waals surface area contributed by atoms with E-state index in [1.165, 1.54) is 6.07 Å². The predicted octanol–water partition coefficient (Wildman–Crippen LogP) is 2.64. The molecule has 1 N–H and O–H groups in total. The molecule has 5 nitrogen and oxygen atoms in total. The van der Waals surface area contributed by atoms with Crippen molar-refractivity contribution in [2.24, 2.45) is 5.92 Å². The zero-order chi connectivity index (χ0) is 16.9. The maximum Gasteiger partial charge on any atom is 0.251 e. The van der Waals surface area contributed by atoms with Crippen LogP contribution in [0, 0.1) is 5.92 Å². The highest BCUT2D eigenvalue weighted by atomic mass is 32.2. The molecule has 1 aromatic carbocycles. The molecule has 1 fully saturated rings. The van der Waals surface area contributed by atoms with Crippen LogP contribution in [0.4, 0.5) is 0 Å². The number of nitrogens with one attached hydrogen (secondary N) is 1. The van der Waals surface area contributed by atoms with Crippen LogP contribution >= 0.6 is 0 Å². The van der Waals surface area contributed by atoms with Gasteiger partial charge >= 0.3 is 0 Å². The van der Waals surface area contributed by atoms with E-state index in [1.807, 2.05) is 13.8 Å². The average molecular weight is 338 g/mol. The van der Waals surface area contributed by atoms with Crippen molar-refractivity contribution in [3.8, 4) is 0 Å². The van der Waals surface area contributed by atoms with E-state index >= 15 is 0 Å². The summed E-state index contributed by atoms with van der Waals surface area (Å²) < 4.78 is 27.1. The standard InChI is InChI=1S/C17H26N2O3S/c1-14(2)13-18-17(20)15-8-7-9-16(12-15)23(21,22)19-10-5-3-4-6-11-19/h7-9,12,14H,3-6,10-11,13H2,1-2H3,(H,18,20). The highest BCUT2D eigenvalue weighted by Gasteiger charge is 2.25. The number of carbonyl (C=O) groups is 1. The van der Waals surface area contributed by atoms with Gasteiger partial charge in [-0.25, -0.2) is 8.42 Å². The smallest absolute Gasteiger partial charge is 0.251 e. The molecule has 1 saturated heterocycles. The van der Waals surface area contributed by atoms with Gasteiger partial charge in [0.1, 0.15) is 0 Å². The summed E-state index contributed by atoms with van der Waals surface area (Å²) in [6.07, 6.45) is 3.94. The molecular weight excluding hydrogens is 312 g/mol. The summed E-state index contributed by atoms with van der Waals surface area (Å²) >= 11 is 0. The van der Waals surface area contributed by atoms with Crippen molar-refractivity contribution < 1.29 is 13.2 Å². The van der Waals surface area contributed by atoms with E-state index in [-0.39, 0.29) is 10.8 Å². The van der Waals surface area contributed by atoms with Gasteiger partial charge in [-0.2, -0.15) is 4.31 Å². The number of hydrogen-bond acceptors (Lipinski definition) is 3. The predicted molar refractivity (Wildman–Crippen MR) is 90.8 cm³/mol. The Balaban J connectivity index is 2.19. The molecule has 0 aliphatic carbocycles. The van der Waals surface area contributed by atoms with Gasteiger partial charge in [-0.1, -0.05) is 32.8 Å². The van der Waals surface area contributed by atoms with Gasteiger partial charge in [0, 0.05) is 25.2 Å². The molecule has 2 rings (SSSR count). The number of amides is 1. The molecule has 0 unspecified atom stereocenters. The number of hydrogen-bond donors (Lipinski definition) is 1. The minimum absolute atomic E-state index is 0.205. The fraction of sp³-hybridized carbons (Fsp3) is 0.588. The van der Waals surface area contributed by atoms with Crippen molar-refractivity contribution in [2.75, 3.05) is 19.6 Å². The van der Waals surface area contributed by atoms with Crippen molar-refractivity contribution in [3.63, 3.8) is 0 Å². The van der Waals surface area contributed by atoms with E-state index in [2.05, 4.69) is 5.32 Å². The van der Waals surface area contributed by atoms with Crippen LogP contribution in [0.5, 0.6) is 0 Å². The van der Waals surface area contributed by atoms with E-state index in [0.29, 0.717) is 31.1 Å². The first-order valence-corrected chi connectivity index (χ1v) is 9.73. The Hall–Kier alpha value is -1.40. The molecule has 0 spiro atoms. The molecule has 6 heteroatoms. The Morgan fingerprint density at radius 2 is 1.83 bits per heavy atom. The van der Waals surface area contributed by atoms with Gasteiger partial charge < -0.3 is 5.32 Å². The van der Waals surface area contributed by atoms with Gasteiger partial charge in [0.2, 0.25) is 10.0 Å². The van der Waals surface area contributed by atoms with Gasteiger partial charge in [0.25, 0.3) is 5.91 Å². The molecular formula is C17H26N2O3S. The first-order chi connectivity index (χ1) is 10.9. The lowest BCUT2D eigenvalue weighted by Crippen LogP contribution is -2.32. The molecule has 0 bridgehead atoms. The summed E-state index contributed by atoms with van der Waals surface area (Å²) in [5, 5.41) is 2.82. The average Bonchev–Trinajstić information content (AvgIpc) is 2.82. The van der Waals surface area contributed by atoms with Crippen molar-refractivity contribution in [1.29, 1.82) is 0 Å². The third kappa shape index (κ3) is 4.78. The molecule has 0 radical (unpaired) electrons. The molecule has 1 heterocycles. The van der Waals surface area contributed by atoms with Gasteiger partial charge in [0.05, 0.1) is 4.90 Å². The zero-order valence-corrected chi connectivity index (χ0v) is 14.7. The van der Waals surface area contributed by atoms with E-state index in [1.54, 1.807) is 22.5 Å². The lowest BCUT2D eigenvalue weighted by atomic mass is 10.2. The lowest BCUT2D eigenvalue weighted by molar-refractivity contribution is 0.0949. The van der Waals surface area contributed by atoms with Crippen LogP contribution in [0.2, 0.25) is 0 Å². The van der Waals surface area contributed by atoms with Crippen LogP contribution in [-0.4, -0.2) is 38.3 Å². The second-order valence-corrected chi connectivity index (χ2v) is 8.39. The monoisotopic (exact) mass is 338 g/mol. The zero-order valence-electron chi connectivity index (χ0n) is 13.9. The lowest BCUT2D eigenvalue weighted by Gasteiger charge is -2.20. The van der Waals surface area contributed by atoms with Crippen molar-refractivity contribution in [3.05, 3.63) is 29.8 Å². The van der Waals surface area contributed by atoms with Crippen LogP contribution in [-0.2, 0) is 10.0 Å². The van der Waals surface area contributed by atoms with E-state index < -0.39 is 10.0 Å². The van der Waals surface area contributed by atoms with Gasteiger partial charge in [0.15, 0.2) is 0 Å². The Morgan fingerprint density at radius 3 is 2.43 bits per heavy atom. The summed E-state index contributed by atoms with van der Waals surface area (Å²) in [4.78, 5) is 12.3. The fourth-order valence-electron chi connectivity index (χ4n) is 2.63. The second kappa shape index (κ2) is 7.93. The molecule has 1 aliphatic rings. The number of carbonyl (C=O) groups excluding carboxylic acids is 1. The number of sulfonamides is 1. The van der Waals surface area contributed by atoms with Crippen LogP contribution in [0.15, 0.2) is 29.2 Å². The highest BCUT2D eigenvalue weighted by Crippen LogP contribution is 2.21. The number of rotatable bonds is 5. The van der Waals surface area contributed by atoms with Crippen LogP contribution < -0.4 is 5.32 Å². The SMILES string of the molecule is CC(C)CNC(=O)c1cccc(S(=O)(=O)N2CCCCCC2)c1. The third-order valence-corrected chi connectivity index (χ3v) is 5.86. The fourth-order valence-corrected chi connectivity index (χ4v) is 4.19. The van der Waals surface area contributed by atoms with Crippen LogP contribution in [0.25, 0.3) is 0 Å². The Morgan fingerprint density at radius 1 is 1.17 bits per heavy atom. The topological polar surface area (TPSA) is 66.5 Å². The highest BCUT2D eigenvalue weighted by molar-refractivity contribution is 7.89. The van der Waals surface area contributed by atoms with Crippen molar-refractivity contribution in [1.82, 2.24) is 9.62 Å².